The molecule has 0 atom stereocenters. The Morgan fingerprint density at radius 2 is 2.00 bits per heavy atom. The van der Waals surface area contributed by atoms with Crippen molar-refractivity contribution in [2.75, 3.05) is 0 Å². The molecule has 0 bridgehead atoms. The third-order valence-electron chi connectivity index (χ3n) is 2.70. The number of hydrogen-bond donors (Lipinski definition) is 0. The minimum absolute atomic E-state index is 0.232. The molecule has 2 aromatic rings. The van der Waals surface area contributed by atoms with Crippen LogP contribution in [0.25, 0.3) is 11.4 Å². The topological polar surface area (TPSA) is 57.0 Å². The van der Waals surface area contributed by atoms with Gasteiger partial charge in [0.1, 0.15) is 0 Å². The number of nitrogens with zero attached hydrogens (tertiary/aromatic N) is 3. The second-order valence-corrected chi connectivity index (χ2v) is 4.70. The number of hydrogen-bond acceptors (Lipinski definition) is 4. The molecule has 0 aliphatic carbocycles. The maximum absolute atomic E-state index is 11.6. The van der Waals surface area contributed by atoms with E-state index in [1.54, 1.807) is 16.8 Å². The molecule has 0 fully saturated rings. The van der Waals surface area contributed by atoms with Crippen molar-refractivity contribution in [1.29, 1.82) is 0 Å². The van der Waals surface area contributed by atoms with Gasteiger partial charge in [0.15, 0.2) is 5.82 Å². The molecule has 106 valence electrons. The van der Waals surface area contributed by atoms with Crippen LogP contribution in [-0.2, 0) is 11.3 Å². The summed E-state index contributed by atoms with van der Waals surface area (Å²) in [6.07, 6.45) is 1.11. The van der Waals surface area contributed by atoms with E-state index in [1.807, 2.05) is 26.0 Å². The summed E-state index contributed by atoms with van der Waals surface area (Å²) in [5, 5.41) is 4.98. The summed E-state index contributed by atoms with van der Waals surface area (Å²) in [5.41, 5.74) is 0.828. The molecule has 0 saturated carbocycles. The van der Waals surface area contributed by atoms with Crippen LogP contribution < -0.4 is 4.74 Å². The zero-order valence-corrected chi connectivity index (χ0v) is 12.2. The lowest BCUT2D eigenvalue weighted by Gasteiger charge is -2.02. The van der Waals surface area contributed by atoms with Gasteiger partial charge in [-0.25, -0.2) is 4.68 Å². The highest BCUT2D eigenvalue weighted by Crippen LogP contribution is 2.21. The fraction of sp³-hybridized carbons (Fsp3) is 0.357. The SMILES string of the molecule is CCCC(=O)Oc1nc(-c2ccc(Cl)cc2)nn1CC. The van der Waals surface area contributed by atoms with Crippen LogP contribution in [0.2, 0.25) is 5.02 Å². The molecule has 0 aliphatic rings. The Balaban J connectivity index is 2.26. The van der Waals surface area contributed by atoms with E-state index in [-0.39, 0.29) is 12.0 Å². The van der Waals surface area contributed by atoms with Crippen molar-refractivity contribution < 1.29 is 9.53 Å². The first kappa shape index (κ1) is 14.5. The molecule has 1 heterocycles. The number of carbonyl (C=O) groups is 1. The normalized spacial score (nSPS) is 10.6. The van der Waals surface area contributed by atoms with E-state index in [4.69, 9.17) is 16.3 Å². The summed E-state index contributed by atoms with van der Waals surface area (Å²) >= 11 is 5.85. The standard InChI is InChI=1S/C14H16ClN3O2/c1-3-5-12(19)20-14-16-13(17-18(14)4-2)10-6-8-11(15)9-7-10/h6-9H,3-5H2,1-2H3. The molecule has 0 radical (unpaired) electrons. The lowest BCUT2D eigenvalue weighted by atomic mass is 10.2. The second kappa shape index (κ2) is 6.52. The fourth-order valence-corrected chi connectivity index (χ4v) is 1.81. The Morgan fingerprint density at radius 1 is 1.30 bits per heavy atom. The number of halogens is 1. The third kappa shape index (κ3) is 3.36. The van der Waals surface area contributed by atoms with Crippen LogP contribution >= 0.6 is 11.6 Å². The summed E-state index contributed by atoms with van der Waals surface area (Å²) in [6, 6.07) is 7.43. The van der Waals surface area contributed by atoms with Crippen LogP contribution in [0.5, 0.6) is 6.01 Å². The number of rotatable bonds is 5. The monoisotopic (exact) mass is 293 g/mol. The highest BCUT2D eigenvalue weighted by molar-refractivity contribution is 6.30. The maximum Gasteiger partial charge on any atom is 0.323 e. The second-order valence-electron chi connectivity index (χ2n) is 4.26. The average Bonchev–Trinajstić information content (AvgIpc) is 2.82. The predicted molar refractivity (Wildman–Crippen MR) is 76.7 cm³/mol. The van der Waals surface area contributed by atoms with Gasteiger partial charge in [-0.2, -0.15) is 4.98 Å². The summed E-state index contributed by atoms with van der Waals surface area (Å²) in [7, 11) is 0. The predicted octanol–water partition coefficient (Wildman–Crippen LogP) is 3.32. The summed E-state index contributed by atoms with van der Waals surface area (Å²) in [5.74, 6) is 0.222. The summed E-state index contributed by atoms with van der Waals surface area (Å²) < 4.78 is 6.79. The van der Waals surface area contributed by atoms with Gasteiger partial charge in [0.2, 0.25) is 0 Å². The van der Waals surface area contributed by atoms with Gasteiger partial charge in [-0.15, -0.1) is 5.10 Å². The van der Waals surface area contributed by atoms with Crippen molar-refractivity contribution in [2.45, 2.75) is 33.2 Å². The van der Waals surface area contributed by atoms with Gasteiger partial charge in [-0.05, 0) is 37.6 Å². The molecule has 5 nitrogen and oxygen atoms in total. The minimum atomic E-state index is -0.294. The highest BCUT2D eigenvalue weighted by Gasteiger charge is 2.14. The molecule has 0 amide bonds. The zero-order chi connectivity index (χ0) is 14.5. The molecule has 0 saturated heterocycles. The first-order chi connectivity index (χ1) is 9.63. The molecule has 0 N–H and O–H groups in total. The Morgan fingerprint density at radius 3 is 2.60 bits per heavy atom. The van der Waals surface area contributed by atoms with Crippen LogP contribution in [0.4, 0.5) is 0 Å². The molecular weight excluding hydrogens is 278 g/mol. The lowest BCUT2D eigenvalue weighted by molar-refractivity contribution is -0.135. The largest absolute Gasteiger partial charge is 0.391 e. The third-order valence-corrected chi connectivity index (χ3v) is 2.95. The highest BCUT2D eigenvalue weighted by atomic mass is 35.5. The van der Waals surface area contributed by atoms with Crippen LogP contribution in [0.15, 0.2) is 24.3 Å². The van der Waals surface area contributed by atoms with Crippen molar-refractivity contribution in [2.24, 2.45) is 0 Å². The van der Waals surface area contributed by atoms with Gasteiger partial charge < -0.3 is 4.74 Å². The molecule has 1 aromatic heterocycles. The van der Waals surface area contributed by atoms with Crippen LogP contribution in [0.3, 0.4) is 0 Å². The molecule has 1 aromatic carbocycles. The van der Waals surface area contributed by atoms with Crippen molar-refractivity contribution >= 4 is 17.6 Å². The zero-order valence-electron chi connectivity index (χ0n) is 11.5. The first-order valence-corrected chi connectivity index (χ1v) is 6.93. The van der Waals surface area contributed by atoms with Crippen molar-refractivity contribution in [1.82, 2.24) is 14.8 Å². The molecular formula is C14H16ClN3O2. The van der Waals surface area contributed by atoms with Gasteiger partial charge >= 0.3 is 12.0 Å². The Bertz CT molecular complexity index is 593. The van der Waals surface area contributed by atoms with E-state index in [2.05, 4.69) is 10.1 Å². The van der Waals surface area contributed by atoms with E-state index in [1.165, 1.54) is 0 Å². The molecule has 2 rings (SSSR count). The lowest BCUT2D eigenvalue weighted by Crippen LogP contribution is -2.11. The van der Waals surface area contributed by atoms with Gasteiger partial charge in [0, 0.05) is 23.6 Å². The number of aromatic nitrogens is 3. The number of esters is 1. The number of benzene rings is 1. The van der Waals surface area contributed by atoms with Crippen molar-refractivity contribution in [3.63, 3.8) is 0 Å². The molecule has 0 unspecified atom stereocenters. The Hall–Kier alpha value is -1.88. The van der Waals surface area contributed by atoms with Crippen LogP contribution in [-0.4, -0.2) is 20.7 Å². The summed E-state index contributed by atoms with van der Waals surface area (Å²) in [6.45, 7) is 4.41. The van der Waals surface area contributed by atoms with Crippen molar-refractivity contribution in [3.8, 4) is 17.4 Å². The van der Waals surface area contributed by atoms with E-state index < -0.39 is 0 Å². The van der Waals surface area contributed by atoms with Gasteiger partial charge in [-0.3, -0.25) is 4.79 Å². The molecule has 6 heteroatoms. The molecule has 20 heavy (non-hydrogen) atoms. The van der Waals surface area contributed by atoms with E-state index in [0.717, 1.165) is 12.0 Å². The van der Waals surface area contributed by atoms with Gasteiger partial charge in [-0.1, -0.05) is 18.5 Å². The van der Waals surface area contributed by atoms with E-state index >= 15 is 0 Å². The van der Waals surface area contributed by atoms with E-state index in [9.17, 15) is 4.79 Å². The fourth-order valence-electron chi connectivity index (χ4n) is 1.69. The number of aryl methyl sites for hydroxylation is 1. The quantitative estimate of drug-likeness (QED) is 0.794. The number of ether oxygens (including phenoxy) is 1. The smallest absolute Gasteiger partial charge is 0.323 e. The average molecular weight is 294 g/mol. The van der Waals surface area contributed by atoms with Crippen molar-refractivity contribution in [3.05, 3.63) is 29.3 Å². The summed E-state index contributed by atoms with van der Waals surface area (Å²) in [4.78, 5) is 15.8. The minimum Gasteiger partial charge on any atom is -0.391 e. The molecule has 0 spiro atoms. The Kier molecular flexibility index (Phi) is 4.74. The van der Waals surface area contributed by atoms with Gasteiger partial charge in [0.25, 0.3) is 0 Å². The first-order valence-electron chi connectivity index (χ1n) is 6.55. The van der Waals surface area contributed by atoms with Crippen LogP contribution in [0, 0.1) is 0 Å². The van der Waals surface area contributed by atoms with Gasteiger partial charge in [0.05, 0.1) is 0 Å². The Labute approximate surface area is 122 Å². The number of carbonyl (C=O) groups excluding carboxylic acids is 1. The molecule has 0 aliphatic heterocycles. The van der Waals surface area contributed by atoms with Crippen LogP contribution in [0.1, 0.15) is 26.7 Å². The van der Waals surface area contributed by atoms with E-state index in [0.29, 0.717) is 23.8 Å². The maximum atomic E-state index is 11.6.